The number of furan rings is 1. The van der Waals surface area contributed by atoms with E-state index in [-0.39, 0.29) is 6.61 Å². The minimum atomic E-state index is -0.0164. The summed E-state index contributed by atoms with van der Waals surface area (Å²) in [5.41, 5.74) is 0. The Hall–Kier alpha value is -1.06. The Balaban J connectivity index is 1.89. The molecule has 0 fully saturated rings. The SMILES string of the molecule is CCCC[C@H]1C=CCN1Cc1ccc(CO)o1. The van der Waals surface area contributed by atoms with Crippen molar-refractivity contribution in [3.8, 4) is 0 Å². The fraction of sp³-hybridized carbons (Fsp3) is 0.571. The average molecular weight is 235 g/mol. The summed E-state index contributed by atoms with van der Waals surface area (Å²) >= 11 is 0. The Morgan fingerprint density at radius 3 is 2.94 bits per heavy atom. The van der Waals surface area contributed by atoms with Gasteiger partial charge in [0.2, 0.25) is 0 Å². The second-order valence-electron chi connectivity index (χ2n) is 4.59. The van der Waals surface area contributed by atoms with E-state index in [1.54, 1.807) is 0 Å². The molecule has 0 saturated heterocycles. The number of unbranched alkanes of at least 4 members (excludes halogenated alkanes) is 1. The molecule has 0 saturated carbocycles. The molecule has 94 valence electrons. The number of aliphatic hydroxyl groups is 1. The Morgan fingerprint density at radius 1 is 1.41 bits per heavy atom. The van der Waals surface area contributed by atoms with Crippen LogP contribution in [0.25, 0.3) is 0 Å². The second-order valence-corrected chi connectivity index (χ2v) is 4.59. The lowest BCUT2D eigenvalue weighted by molar-refractivity contribution is 0.211. The average Bonchev–Trinajstić information content (AvgIpc) is 2.96. The van der Waals surface area contributed by atoms with E-state index < -0.39 is 0 Å². The largest absolute Gasteiger partial charge is 0.462 e. The molecule has 1 aromatic rings. The van der Waals surface area contributed by atoms with E-state index >= 15 is 0 Å². The van der Waals surface area contributed by atoms with Gasteiger partial charge in [-0.15, -0.1) is 0 Å². The highest BCUT2D eigenvalue weighted by Crippen LogP contribution is 2.20. The third kappa shape index (κ3) is 3.20. The van der Waals surface area contributed by atoms with Gasteiger partial charge in [0.25, 0.3) is 0 Å². The molecule has 3 heteroatoms. The van der Waals surface area contributed by atoms with Crippen LogP contribution in [0.4, 0.5) is 0 Å². The second kappa shape index (κ2) is 6.03. The third-order valence-corrected chi connectivity index (χ3v) is 3.25. The molecular formula is C14H21NO2. The van der Waals surface area contributed by atoms with Crippen molar-refractivity contribution < 1.29 is 9.52 Å². The maximum atomic E-state index is 8.96. The minimum Gasteiger partial charge on any atom is -0.462 e. The maximum Gasteiger partial charge on any atom is 0.129 e. The van der Waals surface area contributed by atoms with Crippen molar-refractivity contribution in [1.82, 2.24) is 4.90 Å². The molecule has 1 aliphatic rings. The van der Waals surface area contributed by atoms with Crippen molar-refractivity contribution in [2.75, 3.05) is 6.54 Å². The van der Waals surface area contributed by atoms with Crippen LogP contribution in [0.3, 0.4) is 0 Å². The quantitative estimate of drug-likeness (QED) is 0.770. The standard InChI is InChI=1S/C14H21NO2/c1-2-3-5-12-6-4-9-15(12)10-13-7-8-14(11-16)17-13/h4,6-8,12,16H,2-3,5,9-11H2,1H3/t12-/m0/s1. The molecule has 0 aromatic carbocycles. The van der Waals surface area contributed by atoms with Gasteiger partial charge in [-0.25, -0.2) is 0 Å². The summed E-state index contributed by atoms with van der Waals surface area (Å²) in [4.78, 5) is 2.41. The van der Waals surface area contributed by atoms with E-state index in [0.29, 0.717) is 11.8 Å². The smallest absolute Gasteiger partial charge is 0.129 e. The molecular weight excluding hydrogens is 214 g/mol. The van der Waals surface area contributed by atoms with Gasteiger partial charge in [-0.1, -0.05) is 31.9 Å². The molecule has 3 nitrogen and oxygen atoms in total. The minimum absolute atomic E-state index is 0.0164. The van der Waals surface area contributed by atoms with Crippen LogP contribution in [0.5, 0.6) is 0 Å². The van der Waals surface area contributed by atoms with Crippen molar-refractivity contribution in [3.63, 3.8) is 0 Å². The highest BCUT2D eigenvalue weighted by Gasteiger charge is 2.20. The Labute approximate surface area is 103 Å². The van der Waals surface area contributed by atoms with E-state index in [1.165, 1.54) is 19.3 Å². The lowest BCUT2D eigenvalue weighted by Gasteiger charge is -2.23. The molecule has 17 heavy (non-hydrogen) atoms. The van der Waals surface area contributed by atoms with Crippen LogP contribution >= 0.6 is 0 Å². The summed E-state index contributed by atoms with van der Waals surface area (Å²) in [6.45, 7) is 4.05. The molecule has 0 bridgehead atoms. The molecule has 0 spiro atoms. The number of hydrogen-bond donors (Lipinski definition) is 1. The van der Waals surface area contributed by atoms with Gasteiger partial charge in [0.1, 0.15) is 18.1 Å². The molecule has 1 N–H and O–H groups in total. The normalized spacial score (nSPS) is 20.2. The first-order chi connectivity index (χ1) is 8.33. The van der Waals surface area contributed by atoms with Gasteiger partial charge in [0.15, 0.2) is 0 Å². The fourth-order valence-corrected chi connectivity index (χ4v) is 2.28. The van der Waals surface area contributed by atoms with Crippen molar-refractivity contribution in [3.05, 3.63) is 35.8 Å². The first-order valence-electron chi connectivity index (χ1n) is 6.42. The van der Waals surface area contributed by atoms with Crippen LogP contribution in [-0.2, 0) is 13.2 Å². The molecule has 2 rings (SSSR count). The Morgan fingerprint density at radius 2 is 2.24 bits per heavy atom. The molecule has 1 aromatic heterocycles. The van der Waals surface area contributed by atoms with Crippen LogP contribution in [0.15, 0.2) is 28.7 Å². The van der Waals surface area contributed by atoms with Gasteiger partial charge in [-0.2, -0.15) is 0 Å². The molecule has 0 unspecified atom stereocenters. The van der Waals surface area contributed by atoms with Crippen LogP contribution in [0.1, 0.15) is 37.7 Å². The van der Waals surface area contributed by atoms with Crippen molar-refractivity contribution >= 4 is 0 Å². The summed E-state index contributed by atoms with van der Waals surface area (Å²) in [5.74, 6) is 1.59. The first kappa shape index (κ1) is 12.4. The van der Waals surface area contributed by atoms with E-state index in [9.17, 15) is 0 Å². The van der Waals surface area contributed by atoms with E-state index in [0.717, 1.165) is 18.8 Å². The topological polar surface area (TPSA) is 36.6 Å². The highest BCUT2D eigenvalue weighted by molar-refractivity contribution is 5.10. The third-order valence-electron chi connectivity index (χ3n) is 3.25. The Bertz CT molecular complexity index is 370. The summed E-state index contributed by atoms with van der Waals surface area (Å²) in [6.07, 6.45) is 8.27. The fourth-order valence-electron chi connectivity index (χ4n) is 2.28. The van der Waals surface area contributed by atoms with Gasteiger partial charge >= 0.3 is 0 Å². The zero-order valence-electron chi connectivity index (χ0n) is 10.4. The van der Waals surface area contributed by atoms with Gasteiger partial charge in [0.05, 0.1) is 6.54 Å². The molecule has 2 heterocycles. The van der Waals surface area contributed by atoms with Gasteiger partial charge in [-0.3, -0.25) is 4.90 Å². The number of aliphatic hydroxyl groups excluding tert-OH is 1. The molecule has 1 atom stereocenters. The lowest BCUT2D eigenvalue weighted by Crippen LogP contribution is -2.29. The zero-order chi connectivity index (χ0) is 12.1. The van der Waals surface area contributed by atoms with Gasteiger partial charge < -0.3 is 9.52 Å². The van der Waals surface area contributed by atoms with Crippen molar-refractivity contribution in [2.24, 2.45) is 0 Å². The van der Waals surface area contributed by atoms with E-state index in [4.69, 9.17) is 9.52 Å². The first-order valence-corrected chi connectivity index (χ1v) is 6.42. The number of hydrogen-bond acceptors (Lipinski definition) is 3. The predicted octanol–water partition coefficient (Wildman–Crippen LogP) is 2.70. The van der Waals surface area contributed by atoms with Crippen molar-refractivity contribution in [2.45, 2.75) is 45.4 Å². The summed E-state index contributed by atoms with van der Waals surface area (Å²) in [6, 6.07) is 4.36. The molecule has 0 aliphatic carbocycles. The molecule has 1 aliphatic heterocycles. The van der Waals surface area contributed by atoms with E-state index in [1.807, 2.05) is 12.1 Å². The monoisotopic (exact) mass is 235 g/mol. The lowest BCUT2D eigenvalue weighted by atomic mass is 10.1. The van der Waals surface area contributed by atoms with Crippen LogP contribution < -0.4 is 0 Å². The van der Waals surface area contributed by atoms with E-state index in [2.05, 4.69) is 24.0 Å². The van der Waals surface area contributed by atoms with Crippen molar-refractivity contribution in [1.29, 1.82) is 0 Å². The zero-order valence-corrected chi connectivity index (χ0v) is 10.4. The Kier molecular flexibility index (Phi) is 4.40. The summed E-state index contributed by atoms with van der Waals surface area (Å²) in [7, 11) is 0. The predicted molar refractivity (Wildman–Crippen MR) is 67.5 cm³/mol. The van der Waals surface area contributed by atoms with Crippen LogP contribution in [0.2, 0.25) is 0 Å². The number of rotatable bonds is 6. The summed E-state index contributed by atoms with van der Waals surface area (Å²) in [5, 5.41) is 8.96. The van der Waals surface area contributed by atoms with Gasteiger partial charge in [0, 0.05) is 12.6 Å². The maximum absolute atomic E-state index is 8.96. The van der Waals surface area contributed by atoms with Crippen LogP contribution in [0, 0.1) is 0 Å². The summed E-state index contributed by atoms with van der Waals surface area (Å²) < 4.78 is 5.53. The number of nitrogens with zero attached hydrogens (tertiary/aromatic N) is 1. The van der Waals surface area contributed by atoms with Gasteiger partial charge in [-0.05, 0) is 18.6 Å². The molecule has 0 amide bonds. The molecule has 0 radical (unpaired) electrons. The highest BCUT2D eigenvalue weighted by atomic mass is 16.4. The van der Waals surface area contributed by atoms with Crippen LogP contribution in [-0.4, -0.2) is 22.6 Å².